The summed E-state index contributed by atoms with van der Waals surface area (Å²) in [6.45, 7) is 3.96. The number of carbonyl (C=O) groups is 1. The first kappa shape index (κ1) is 19.8. The zero-order valence-electron chi connectivity index (χ0n) is 14.5. The number of nitriles is 1. The fourth-order valence-electron chi connectivity index (χ4n) is 2.29. The molecule has 1 atom stereocenters. The number of hydrogen-bond donors (Lipinski definition) is 2. The lowest BCUT2D eigenvalue weighted by Crippen LogP contribution is -2.28. The summed E-state index contributed by atoms with van der Waals surface area (Å²) >= 11 is 11.8. The molecule has 0 radical (unpaired) electrons. The molecule has 2 rings (SSSR count). The van der Waals surface area contributed by atoms with E-state index < -0.39 is 5.91 Å². The fourth-order valence-corrected chi connectivity index (χ4v) is 2.59. The Balaban J connectivity index is 2.04. The summed E-state index contributed by atoms with van der Waals surface area (Å²) in [6.07, 6.45) is 2.31. The highest BCUT2D eigenvalue weighted by Crippen LogP contribution is 2.25. The highest BCUT2D eigenvalue weighted by Gasteiger charge is 2.13. The average molecular weight is 388 g/mol. The second-order valence-corrected chi connectivity index (χ2v) is 6.55. The largest absolute Gasteiger partial charge is 0.360 e. The Bertz CT molecular complexity index is 854. The van der Waals surface area contributed by atoms with Gasteiger partial charge in [-0.05, 0) is 42.7 Å². The molecule has 0 aliphatic carbocycles. The molecule has 0 saturated carbocycles. The van der Waals surface area contributed by atoms with Gasteiger partial charge in [-0.1, -0.05) is 54.4 Å². The van der Waals surface area contributed by atoms with Crippen LogP contribution in [0, 0.1) is 11.3 Å². The molecule has 26 heavy (non-hydrogen) atoms. The lowest BCUT2D eigenvalue weighted by atomic mass is 10.0. The van der Waals surface area contributed by atoms with E-state index >= 15 is 0 Å². The van der Waals surface area contributed by atoms with Gasteiger partial charge in [0.05, 0.1) is 16.1 Å². The summed E-state index contributed by atoms with van der Waals surface area (Å²) in [7, 11) is 0. The van der Waals surface area contributed by atoms with Gasteiger partial charge in [-0.15, -0.1) is 0 Å². The zero-order valence-corrected chi connectivity index (χ0v) is 16.0. The molecule has 0 aliphatic heterocycles. The number of halogens is 2. The summed E-state index contributed by atoms with van der Waals surface area (Å²) in [5.41, 5.74) is 2.80. The first-order valence-electron chi connectivity index (χ1n) is 8.16. The molecule has 0 saturated heterocycles. The molecule has 2 aromatic rings. The summed E-state index contributed by atoms with van der Waals surface area (Å²) < 4.78 is 0. The lowest BCUT2D eigenvalue weighted by Gasteiger charge is -2.14. The second kappa shape index (κ2) is 9.28. The lowest BCUT2D eigenvalue weighted by molar-refractivity contribution is -0.117. The highest BCUT2D eigenvalue weighted by atomic mass is 35.5. The van der Waals surface area contributed by atoms with Gasteiger partial charge >= 0.3 is 0 Å². The molecule has 1 unspecified atom stereocenters. The predicted octanol–water partition coefficient (Wildman–Crippen LogP) is 5.25. The van der Waals surface area contributed by atoms with E-state index in [0.29, 0.717) is 15.7 Å². The highest BCUT2D eigenvalue weighted by molar-refractivity contribution is 6.42. The Morgan fingerprint density at radius 1 is 1.19 bits per heavy atom. The Hall–Kier alpha value is -2.48. The van der Waals surface area contributed by atoms with Crippen molar-refractivity contribution in [1.82, 2.24) is 5.32 Å². The Kier molecular flexibility index (Phi) is 7.08. The zero-order chi connectivity index (χ0) is 19.1. The summed E-state index contributed by atoms with van der Waals surface area (Å²) in [6, 6.07) is 14.7. The third-order valence-electron chi connectivity index (χ3n) is 3.90. The third kappa shape index (κ3) is 5.26. The maximum absolute atomic E-state index is 12.3. The van der Waals surface area contributed by atoms with Crippen molar-refractivity contribution in [3.05, 3.63) is 75.4 Å². The molecular weight excluding hydrogens is 369 g/mol. The average Bonchev–Trinajstić information content (AvgIpc) is 2.65. The second-order valence-electron chi connectivity index (χ2n) is 5.73. The van der Waals surface area contributed by atoms with E-state index in [1.54, 1.807) is 18.2 Å². The quantitative estimate of drug-likeness (QED) is 0.525. The van der Waals surface area contributed by atoms with Crippen molar-refractivity contribution in [2.75, 3.05) is 5.32 Å². The Morgan fingerprint density at radius 2 is 1.88 bits per heavy atom. The van der Waals surface area contributed by atoms with Crippen LogP contribution >= 0.6 is 23.2 Å². The normalized spacial score (nSPS) is 12.2. The van der Waals surface area contributed by atoms with Crippen molar-refractivity contribution in [1.29, 1.82) is 5.26 Å². The van der Waals surface area contributed by atoms with E-state index in [0.717, 1.165) is 12.0 Å². The topological polar surface area (TPSA) is 64.9 Å². The van der Waals surface area contributed by atoms with Crippen LogP contribution in [0.5, 0.6) is 0 Å². The molecule has 0 heterocycles. The van der Waals surface area contributed by atoms with Gasteiger partial charge in [0.25, 0.3) is 5.91 Å². The minimum Gasteiger partial charge on any atom is -0.360 e. The van der Waals surface area contributed by atoms with Gasteiger partial charge in [-0.3, -0.25) is 4.79 Å². The van der Waals surface area contributed by atoms with Crippen molar-refractivity contribution in [3.8, 4) is 6.07 Å². The molecule has 0 fully saturated rings. The Labute approximate surface area is 163 Å². The molecule has 6 heteroatoms. The molecule has 0 bridgehead atoms. The number of rotatable bonds is 6. The third-order valence-corrected chi connectivity index (χ3v) is 4.64. The van der Waals surface area contributed by atoms with E-state index in [-0.39, 0.29) is 11.6 Å². The van der Waals surface area contributed by atoms with Crippen LogP contribution in [0.25, 0.3) is 0 Å². The van der Waals surface area contributed by atoms with Gasteiger partial charge in [0.2, 0.25) is 0 Å². The van der Waals surface area contributed by atoms with Gasteiger partial charge < -0.3 is 10.6 Å². The molecule has 0 spiro atoms. The minimum atomic E-state index is -0.452. The number of carbonyl (C=O) groups excluding carboxylic acids is 1. The van der Waals surface area contributed by atoms with E-state index in [2.05, 4.69) is 17.6 Å². The molecule has 134 valence electrons. The minimum absolute atomic E-state index is 0.0342. The van der Waals surface area contributed by atoms with Gasteiger partial charge in [0.15, 0.2) is 0 Å². The van der Waals surface area contributed by atoms with Crippen molar-refractivity contribution in [2.45, 2.75) is 26.3 Å². The first-order chi connectivity index (χ1) is 12.4. The summed E-state index contributed by atoms with van der Waals surface area (Å²) in [4.78, 5) is 12.3. The molecule has 0 aliphatic rings. The standard InChI is InChI=1S/C20H19Cl2N3O/c1-3-14-4-6-15(7-5-14)13(2)25-20(26)16(11-23)12-24-17-8-9-18(21)19(22)10-17/h4-10,12-13,24H,3H2,1-2H3,(H,25,26)/b16-12-. The van der Waals surface area contributed by atoms with Crippen LogP contribution in [0.1, 0.15) is 31.0 Å². The van der Waals surface area contributed by atoms with Crippen molar-refractivity contribution < 1.29 is 4.79 Å². The number of nitrogens with zero attached hydrogens (tertiary/aromatic N) is 1. The van der Waals surface area contributed by atoms with Crippen LogP contribution in [-0.4, -0.2) is 5.91 Å². The van der Waals surface area contributed by atoms with E-state index in [1.807, 2.05) is 37.3 Å². The van der Waals surface area contributed by atoms with Crippen LogP contribution in [-0.2, 0) is 11.2 Å². The number of nitrogens with one attached hydrogen (secondary N) is 2. The van der Waals surface area contributed by atoms with Crippen molar-refractivity contribution in [2.24, 2.45) is 0 Å². The van der Waals surface area contributed by atoms with Crippen LogP contribution in [0.4, 0.5) is 5.69 Å². The number of aryl methyl sites for hydroxylation is 1. The maximum Gasteiger partial charge on any atom is 0.263 e. The van der Waals surface area contributed by atoms with E-state index in [4.69, 9.17) is 23.2 Å². The maximum atomic E-state index is 12.3. The Morgan fingerprint density at radius 3 is 2.46 bits per heavy atom. The van der Waals surface area contributed by atoms with Crippen molar-refractivity contribution in [3.63, 3.8) is 0 Å². The van der Waals surface area contributed by atoms with E-state index in [9.17, 15) is 10.1 Å². The van der Waals surface area contributed by atoms with Gasteiger partial charge in [0.1, 0.15) is 11.6 Å². The van der Waals surface area contributed by atoms with E-state index in [1.165, 1.54) is 11.8 Å². The SMILES string of the molecule is CCc1ccc(C(C)NC(=O)/C(C#N)=C\Nc2ccc(Cl)c(Cl)c2)cc1. The van der Waals surface area contributed by atoms with Gasteiger partial charge in [-0.25, -0.2) is 0 Å². The molecular formula is C20H19Cl2N3O. The molecule has 4 nitrogen and oxygen atoms in total. The van der Waals surface area contributed by atoms with Gasteiger partial charge in [0, 0.05) is 11.9 Å². The van der Waals surface area contributed by atoms with Crippen LogP contribution < -0.4 is 10.6 Å². The van der Waals surface area contributed by atoms with Crippen LogP contribution in [0.15, 0.2) is 54.2 Å². The van der Waals surface area contributed by atoms with Crippen LogP contribution in [0.2, 0.25) is 10.0 Å². The number of amides is 1. The monoisotopic (exact) mass is 387 g/mol. The molecule has 2 aromatic carbocycles. The smallest absolute Gasteiger partial charge is 0.263 e. The fraction of sp³-hybridized carbons (Fsp3) is 0.200. The first-order valence-corrected chi connectivity index (χ1v) is 8.91. The number of anilines is 1. The summed E-state index contributed by atoms with van der Waals surface area (Å²) in [5, 5.41) is 15.8. The molecule has 1 amide bonds. The predicted molar refractivity (Wildman–Crippen MR) is 106 cm³/mol. The number of benzene rings is 2. The van der Waals surface area contributed by atoms with Gasteiger partial charge in [-0.2, -0.15) is 5.26 Å². The number of hydrogen-bond acceptors (Lipinski definition) is 3. The summed E-state index contributed by atoms with van der Waals surface area (Å²) in [5.74, 6) is -0.452. The van der Waals surface area contributed by atoms with Crippen molar-refractivity contribution >= 4 is 34.8 Å². The molecule has 2 N–H and O–H groups in total. The molecule has 0 aromatic heterocycles. The van der Waals surface area contributed by atoms with Crippen LogP contribution in [0.3, 0.4) is 0 Å².